The fourth-order valence-corrected chi connectivity index (χ4v) is 2.48. The molecule has 3 heterocycles. The standard InChI is InChI=1S/C12H15BrN4/c1-7(2)8-3-10(13)17-11(4-8)15-12(16-17)9-5-14-6-9/h3-4,7,9,14H,5-6H2,1-2H3. The second-order valence-electron chi connectivity index (χ2n) is 4.86. The van der Waals surface area contributed by atoms with E-state index in [0.29, 0.717) is 11.8 Å². The van der Waals surface area contributed by atoms with Crippen molar-refractivity contribution in [2.45, 2.75) is 25.7 Å². The molecule has 0 bridgehead atoms. The van der Waals surface area contributed by atoms with Crippen molar-refractivity contribution in [2.24, 2.45) is 0 Å². The molecule has 0 unspecified atom stereocenters. The van der Waals surface area contributed by atoms with Crippen molar-refractivity contribution in [3.8, 4) is 0 Å². The van der Waals surface area contributed by atoms with Crippen molar-refractivity contribution >= 4 is 21.6 Å². The molecule has 1 saturated heterocycles. The lowest BCUT2D eigenvalue weighted by molar-refractivity contribution is 0.430. The van der Waals surface area contributed by atoms with E-state index in [9.17, 15) is 0 Å². The highest BCUT2D eigenvalue weighted by atomic mass is 79.9. The van der Waals surface area contributed by atoms with E-state index in [1.165, 1.54) is 5.56 Å². The fraction of sp³-hybridized carbons (Fsp3) is 0.500. The summed E-state index contributed by atoms with van der Waals surface area (Å²) in [6.07, 6.45) is 0. The van der Waals surface area contributed by atoms with Crippen molar-refractivity contribution in [1.29, 1.82) is 0 Å². The molecule has 0 spiro atoms. The molecule has 1 aliphatic heterocycles. The smallest absolute Gasteiger partial charge is 0.157 e. The van der Waals surface area contributed by atoms with Crippen LogP contribution in [0.15, 0.2) is 16.7 Å². The highest BCUT2D eigenvalue weighted by molar-refractivity contribution is 9.10. The zero-order chi connectivity index (χ0) is 12.0. The molecule has 90 valence electrons. The average Bonchev–Trinajstić information content (AvgIpc) is 2.58. The highest BCUT2D eigenvalue weighted by Crippen LogP contribution is 2.24. The van der Waals surface area contributed by atoms with Gasteiger partial charge in [-0.25, -0.2) is 9.50 Å². The van der Waals surface area contributed by atoms with Gasteiger partial charge in [-0.2, -0.15) is 0 Å². The second kappa shape index (κ2) is 4.07. The molecule has 1 N–H and O–H groups in total. The molecule has 0 aromatic carbocycles. The number of fused-ring (bicyclic) bond motifs is 1. The largest absolute Gasteiger partial charge is 0.315 e. The Balaban J connectivity index is 2.10. The lowest BCUT2D eigenvalue weighted by Crippen LogP contribution is -2.40. The molecule has 2 aromatic heterocycles. The van der Waals surface area contributed by atoms with Crippen LogP contribution in [-0.2, 0) is 0 Å². The van der Waals surface area contributed by atoms with Crippen LogP contribution in [-0.4, -0.2) is 27.7 Å². The Bertz CT molecular complexity index is 557. The zero-order valence-corrected chi connectivity index (χ0v) is 11.5. The van der Waals surface area contributed by atoms with Gasteiger partial charge < -0.3 is 5.32 Å². The predicted molar refractivity (Wildman–Crippen MR) is 70.4 cm³/mol. The SMILES string of the molecule is CC(C)c1cc(Br)n2nc(C3CNC3)nc2c1. The summed E-state index contributed by atoms with van der Waals surface area (Å²) in [5.41, 5.74) is 2.22. The molecule has 1 aliphatic rings. The number of hydrogen-bond acceptors (Lipinski definition) is 3. The Hall–Kier alpha value is -0.940. The molecule has 4 nitrogen and oxygen atoms in total. The summed E-state index contributed by atoms with van der Waals surface area (Å²) in [6, 6.07) is 4.24. The first-order chi connectivity index (χ1) is 8.15. The van der Waals surface area contributed by atoms with Crippen molar-refractivity contribution in [3.05, 3.63) is 28.1 Å². The van der Waals surface area contributed by atoms with Crippen LogP contribution in [0.1, 0.15) is 37.1 Å². The van der Waals surface area contributed by atoms with Crippen LogP contribution in [0, 0.1) is 0 Å². The maximum absolute atomic E-state index is 4.62. The lowest BCUT2D eigenvalue weighted by Gasteiger charge is -2.23. The van der Waals surface area contributed by atoms with Crippen molar-refractivity contribution in [1.82, 2.24) is 19.9 Å². The number of rotatable bonds is 2. The first-order valence-electron chi connectivity index (χ1n) is 5.92. The van der Waals surface area contributed by atoms with Gasteiger partial charge in [-0.3, -0.25) is 0 Å². The average molecular weight is 295 g/mol. The summed E-state index contributed by atoms with van der Waals surface area (Å²) < 4.78 is 2.85. The minimum atomic E-state index is 0.476. The molecule has 0 radical (unpaired) electrons. The van der Waals surface area contributed by atoms with Crippen LogP contribution >= 0.6 is 15.9 Å². The van der Waals surface area contributed by atoms with Crippen LogP contribution in [0.4, 0.5) is 0 Å². The van der Waals surface area contributed by atoms with Crippen LogP contribution < -0.4 is 5.32 Å². The van der Waals surface area contributed by atoms with Crippen LogP contribution in [0.3, 0.4) is 0 Å². The van der Waals surface area contributed by atoms with E-state index >= 15 is 0 Å². The molecule has 0 amide bonds. The van der Waals surface area contributed by atoms with Crippen molar-refractivity contribution in [2.75, 3.05) is 13.1 Å². The minimum Gasteiger partial charge on any atom is -0.315 e. The van der Waals surface area contributed by atoms with Crippen LogP contribution in [0.2, 0.25) is 0 Å². The highest BCUT2D eigenvalue weighted by Gasteiger charge is 2.23. The Kier molecular flexibility index (Phi) is 2.67. The molecule has 2 aromatic rings. The fourth-order valence-electron chi connectivity index (χ4n) is 1.96. The predicted octanol–water partition coefficient (Wildman–Crippen LogP) is 2.30. The van der Waals surface area contributed by atoms with Gasteiger partial charge in [0.2, 0.25) is 0 Å². The molecule has 3 rings (SSSR count). The summed E-state index contributed by atoms with van der Waals surface area (Å²) >= 11 is 3.56. The van der Waals surface area contributed by atoms with Gasteiger partial charge in [0, 0.05) is 19.0 Å². The van der Waals surface area contributed by atoms with Gasteiger partial charge in [0.1, 0.15) is 4.60 Å². The Morgan fingerprint density at radius 2 is 2.18 bits per heavy atom. The summed E-state index contributed by atoms with van der Waals surface area (Å²) in [6.45, 7) is 6.36. The van der Waals surface area contributed by atoms with Crippen LogP contribution in [0.25, 0.3) is 5.65 Å². The van der Waals surface area contributed by atoms with E-state index in [1.54, 1.807) is 0 Å². The molecule has 5 heteroatoms. The molecule has 17 heavy (non-hydrogen) atoms. The summed E-state index contributed by atoms with van der Waals surface area (Å²) in [5.74, 6) is 1.93. The molecular formula is C12H15BrN4. The topological polar surface area (TPSA) is 42.2 Å². The lowest BCUT2D eigenvalue weighted by atomic mass is 10.0. The van der Waals surface area contributed by atoms with Gasteiger partial charge >= 0.3 is 0 Å². The van der Waals surface area contributed by atoms with E-state index in [-0.39, 0.29) is 0 Å². The third kappa shape index (κ3) is 1.87. The summed E-state index contributed by atoms with van der Waals surface area (Å²) in [4.78, 5) is 4.62. The first-order valence-corrected chi connectivity index (χ1v) is 6.71. The van der Waals surface area contributed by atoms with Gasteiger partial charge in [0.05, 0.1) is 0 Å². The number of aromatic nitrogens is 3. The van der Waals surface area contributed by atoms with Crippen molar-refractivity contribution < 1.29 is 0 Å². The normalized spacial score (nSPS) is 16.7. The maximum atomic E-state index is 4.62. The third-order valence-corrected chi connectivity index (χ3v) is 3.81. The van der Waals surface area contributed by atoms with E-state index in [4.69, 9.17) is 0 Å². The molecule has 0 saturated carbocycles. The van der Waals surface area contributed by atoms with Gasteiger partial charge in [0.15, 0.2) is 11.5 Å². The quantitative estimate of drug-likeness (QED) is 0.865. The first kappa shape index (κ1) is 11.2. The van der Waals surface area contributed by atoms with Gasteiger partial charge in [-0.05, 0) is 39.5 Å². The number of nitrogens with one attached hydrogen (secondary N) is 1. The number of halogens is 1. The number of hydrogen-bond donors (Lipinski definition) is 1. The van der Waals surface area contributed by atoms with Crippen LogP contribution in [0.5, 0.6) is 0 Å². The summed E-state index contributed by atoms with van der Waals surface area (Å²) in [7, 11) is 0. The molecular weight excluding hydrogens is 280 g/mol. The molecule has 0 aliphatic carbocycles. The zero-order valence-electron chi connectivity index (χ0n) is 9.94. The summed E-state index contributed by atoms with van der Waals surface area (Å²) in [5, 5.41) is 7.80. The molecule has 0 atom stereocenters. The third-order valence-electron chi connectivity index (χ3n) is 3.25. The van der Waals surface area contributed by atoms with Gasteiger partial charge in [0.25, 0.3) is 0 Å². The van der Waals surface area contributed by atoms with Crippen molar-refractivity contribution in [3.63, 3.8) is 0 Å². The monoisotopic (exact) mass is 294 g/mol. The van der Waals surface area contributed by atoms with E-state index in [0.717, 1.165) is 29.2 Å². The molecule has 1 fully saturated rings. The number of nitrogens with zero attached hydrogens (tertiary/aromatic N) is 3. The minimum absolute atomic E-state index is 0.476. The number of pyridine rings is 1. The Labute approximate surface area is 109 Å². The van der Waals surface area contributed by atoms with E-state index in [1.807, 2.05) is 4.52 Å². The van der Waals surface area contributed by atoms with Gasteiger partial charge in [-0.1, -0.05) is 13.8 Å². The second-order valence-corrected chi connectivity index (χ2v) is 5.67. The van der Waals surface area contributed by atoms with E-state index in [2.05, 4.69) is 57.3 Å². The van der Waals surface area contributed by atoms with Gasteiger partial charge in [-0.15, -0.1) is 5.10 Å². The Morgan fingerprint density at radius 3 is 2.76 bits per heavy atom. The Morgan fingerprint density at radius 1 is 1.41 bits per heavy atom. The maximum Gasteiger partial charge on any atom is 0.157 e. The van der Waals surface area contributed by atoms with E-state index < -0.39 is 0 Å².